The van der Waals surface area contributed by atoms with Gasteiger partial charge in [-0.2, -0.15) is 4.31 Å². The summed E-state index contributed by atoms with van der Waals surface area (Å²) in [7, 11) is -1.16. The Bertz CT molecular complexity index is 545. The van der Waals surface area contributed by atoms with Crippen molar-refractivity contribution in [3.63, 3.8) is 0 Å². The topological polar surface area (TPSA) is 70.2 Å². The van der Waals surface area contributed by atoms with E-state index in [0.717, 1.165) is 26.2 Å². The van der Waals surface area contributed by atoms with Crippen LogP contribution in [0.4, 0.5) is 0 Å². The van der Waals surface area contributed by atoms with Gasteiger partial charge in [-0.25, -0.2) is 8.42 Å². The Morgan fingerprint density at radius 2 is 1.87 bits per heavy atom. The summed E-state index contributed by atoms with van der Waals surface area (Å²) in [6, 6.07) is 0. The number of hydrogen-bond acceptors (Lipinski definition) is 5. The molecule has 3 rings (SSSR count). The second-order valence-corrected chi connectivity index (χ2v) is 8.99. The molecular formula is C15H27N3O4S. The third kappa shape index (κ3) is 3.55. The molecule has 8 heteroatoms. The monoisotopic (exact) mass is 345 g/mol. The first-order valence-corrected chi connectivity index (χ1v) is 10.1. The van der Waals surface area contributed by atoms with Gasteiger partial charge in [0.1, 0.15) is 0 Å². The molecule has 3 fully saturated rings. The second kappa shape index (κ2) is 6.66. The molecule has 0 aromatic carbocycles. The molecule has 3 aliphatic heterocycles. The van der Waals surface area contributed by atoms with E-state index < -0.39 is 10.0 Å². The van der Waals surface area contributed by atoms with E-state index in [1.807, 2.05) is 11.8 Å². The normalized spacial score (nSPS) is 33.1. The van der Waals surface area contributed by atoms with Gasteiger partial charge >= 0.3 is 0 Å². The van der Waals surface area contributed by atoms with E-state index >= 15 is 0 Å². The zero-order valence-corrected chi connectivity index (χ0v) is 14.8. The Hall–Kier alpha value is -0.700. The summed E-state index contributed by atoms with van der Waals surface area (Å²) >= 11 is 0. The number of piperazine rings is 1. The SMILES string of the molecule is CCCS(=O)(=O)N1C[C@@H]2C[C@H](C(=O)N3CCN(C)CC3)[C@H](C1)O2. The first-order chi connectivity index (χ1) is 10.9. The summed E-state index contributed by atoms with van der Waals surface area (Å²) in [6.45, 7) is 5.87. The molecule has 0 unspecified atom stereocenters. The van der Waals surface area contributed by atoms with Crippen LogP contribution >= 0.6 is 0 Å². The van der Waals surface area contributed by atoms with Crippen LogP contribution in [0.1, 0.15) is 19.8 Å². The van der Waals surface area contributed by atoms with E-state index in [9.17, 15) is 13.2 Å². The highest BCUT2D eigenvalue weighted by atomic mass is 32.2. The summed E-state index contributed by atoms with van der Waals surface area (Å²) < 4.78 is 32.0. The van der Waals surface area contributed by atoms with Crippen molar-refractivity contribution in [3.8, 4) is 0 Å². The summed E-state index contributed by atoms with van der Waals surface area (Å²) in [6.07, 6.45) is 0.835. The number of fused-ring (bicyclic) bond motifs is 2. The standard InChI is InChI=1S/C15H27N3O4S/c1-3-8-23(20,21)18-10-12-9-13(14(11-18)22-12)15(19)17-6-4-16(2)5-7-17/h12-14H,3-11H2,1-2H3/t12-,13-,14-/m0/s1. The molecule has 3 heterocycles. The van der Waals surface area contributed by atoms with E-state index in [1.165, 1.54) is 4.31 Å². The summed E-state index contributed by atoms with van der Waals surface area (Å²) in [5.41, 5.74) is 0. The van der Waals surface area contributed by atoms with Crippen LogP contribution in [-0.2, 0) is 19.6 Å². The van der Waals surface area contributed by atoms with E-state index in [1.54, 1.807) is 0 Å². The average molecular weight is 345 g/mol. The minimum Gasteiger partial charge on any atom is -0.371 e. The van der Waals surface area contributed by atoms with Gasteiger partial charge in [0.25, 0.3) is 0 Å². The van der Waals surface area contributed by atoms with Crippen molar-refractivity contribution in [3.05, 3.63) is 0 Å². The summed E-state index contributed by atoms with van der Waals surface area (Å²) in [5.74, 6) is 0.120. The number of likely N-dealkylation sites (N-methyl/N-ethyl adjacent to an activating group) is 1. The van der Waals surface area contributed by atoms with E-state index in [0.29, 0.717) is 25.9 Å². The van der Waals surface area contributed by atoms with Gasteiger partial charge in [0.15, 0.2) is 0 Å². The smallest absolute Gasteiger partial charge is 0.228 e. The first-order valence-electron chi connectivity index (χ1n) is 8.51. The Morgan fingerprint density at radius 1 is 1.17 bits per heavy atom. The molecule has 7 nitrogen and oxygen atoms in total. The quantitative estimate of drug-likeness (QED) is 0.693. The number of sulfonamides is 1. The van der Waals surface area contributed by atoms with Gasteiger partial charge in [0, 0.05) is 39.3 Å². The fourth-order valence-corrected chi connectivity index (χ4v) is 5.30. The van der Waals surface area contributed by atoms with Gasteiger partial charge < -0.3 is 14.5 Å². The number of rotatable bonds is 4. The fourth-order valence-electron chi connectivity index (χ4n) is 3.76. The zero-order valence-electron chi connectivity index (χ0n) is 14.0. The van der Waals surface area contributed by atoms with Crippen molar-refractivity contribution in [2.75, 3.05) is 52.1 Å². The van der Waals surface area contributed by atoms with Crippen molar-refractivity contribution in [2.24, 2.45) is 5.92 Å². The van der Waals surface area contributed by atoms with Crippen LogP contribution in [-0.4, -0.2) is 92.7 Å². The molecule has 0 saturated carbocycles. The van der Waals surface area contributed by atoms with Crippen molar-refractivity contribution >= 4 is 15.9 Å². The molecule has 0 radical (unpaired) electrons. The first kappa shape index (κ1) is 17.1. The number of carbonyl (C=O) groups excluding carboxylic acids is 1. The lowest BCUT2D eigenvalue weighted by molar-refractivity contribution is -0.139. The molecule has 2 bridgehead atoms. The maximum Gasteiger partial charge on any atom is 0.228 e. The molecular weight excluding hydrogens is 318 g/mol. The average Bonchev–Trinajstić information content (AvgIpc) is 2.81. The van der Waals surface area contributed by atoms with Crippen LogP contribution in [0.5, 0.6) is 0 Å². The third-order valence-electron chi connectivity index (χ3n) is 5.11. The van der Waals surface area contributed by atoms with Crippen LogP contribution in [0.2, 0.25) is 0 Å². The molecule has 3 aliphatic rings. The second-order valence-electron chi connectivity index (χ2n) is 6.90. The molecule has 3 atom stereocenters. The lowest BCUT2D eigenvalue weighted by Crippen LogP contribution is -2.52. The fraction of sp³-hybridized carbons (Fsp3) is 0.933. The van der Waals surface area contributed by atoms with Crippen LogP contribution in [0.15, 0.2) is 0 Å². The lowest BCUT2D eigenvalue weighted by Gasteiger charge is -2.35. The van der Waals surface area contributed by atoms with Crippen molar-refractivity contribution in [2.45, 2.75) is 32.0 Å². The van der Waals surface area contributed by atoms with Crippen LogP contribution in [0, 0.1) is 5.92 Å². The molecule has 0 aliphatic carbocycles. The maximum atomic E-state index is 12.8. The predicted octanol–water partition coefficient (Wildman–Crippen LogP) is -0.410. The zero-order chi connectivity index (χ0) is 16.6. The Balaban J connectivity index is 1.65. The molecule has 0 N–H and O–H groups in total. The molecule has 23 heavy (non-hydrogen) atoms. The Kier molecular flexibility index (Phi) is 4.96. The van der Waals surface area contributed by atoms with Crippen LogP contribution in [0.25, 0.3) is 0 Å². The van der Waals surface area contributed by atoms with Gasteiger partial charge in [-0.05, 0) is 19.9 Å². The van der Waals surface area contributed by atoms with E-state index in [-0.39, 0.29) is 29.8 Å². The van der Waals surface area contributed by atoms with Gasteiger partial charge in [-0.1, -0.05) is 6.92 Å². The van der Waals surface area contributed by atoms with Crippen LogP contribution in [0.3, 0.4) is 0 Å². The van der Waals surface area contributed by atoms with Gasteiger partial charge in [-0.3, -0.25) is 4.79 Å². The van der Waals surface area contributed by atoms with E-state index in [4.69, 9.17) is 4.74 Å². The number of carbonyl (C=O) groups is 1. The van der Waals surface area contributed by atoms with Gasteiger partial charge in [0.05, 0.1) is 23.9 Å². The number of amides is 1. The summed E-state index contributed by atoms with van der Waals surface area (Å²) in [4.78, 5) is 16.9. The summed E-state index contributed by atoms with van der Waals surface area (Å²) in [5, 5.41) is 0. The molecule has 3 saturated heterocycles. The predicted molar refractivity (Wildman–Crippen MR) is 86.5 cm³/mol. The van der Waals surface area contributed by atoms with Crippen LogP contribution < -0.4 is 0 Å². The van der Waals surface area contributed by atoms with Gasteiger partial charge in [0.2, 0.25) is 15.9 Å². The number of hydrogen-bond donors (Lipinski definition) is 0. The van der Waals surface area contributed by atoms with Gasteiger partial charge in [-0.15, -0.1) is 0 Å². The Labute approximate surface area is 138 Å². The van der Waals surface area contributed by atoms with Crippen molar-refractivity contribution in [1.29, 1.82) is 0 Å². The molecule has 132 valence electrons. The highest BCUT2D eigenvalue weighted by molar-refractivity contribution is 7.89. The number of ether oxygens (including phenoxy) is 1. The molecule has 0 aromatic heterocycles. The van der Waals surface area contributed by atoms with Crippen molar-refractivity contribution in [1.82, 2.24) is 14.1 Å². The van der Waals surface area contributed by atoms with Crippen molar-refractivity contribution < 1.29 is 17.9 Å². The molecule has 1 amide bonds. The third-order valence-corrected chi connectivity index (χ3v) is 7.12. The lowest BCUT2D eigenvalue weighted by atomic mass is 9.98. The highest BCUT2D eigenvalue weighted by Crippen LogP contribution is 2.34. The highest BCUT2D eigenvalue weighted by Gasteiger charge is 2.48. The maximum absolute atomic E-state index is 12.8. The number of nitrogens with zero attached hydrogens (tertiary/aromatic N) is 3. The minimum absolute atomic E-state index is 0.137. The molecule has 0 aromatic rings. The van der Waals surface area contributed by atoms with E-state index in [2.05, 4.69) is 11.9 Å². The number of morpholine rings is 1. The largest absolute Gasteiger partial charge is 0.371 e. The minimum atomic E-state index is -3.22. The molecule has 0 spiro atoms. The Morgan fingerprint density at radius 3 is 2.52 bits per heavy atom.